The number of rotatable bonds is 6. The highest BCUT2D eigenvalue weighted by molar-refractivity contribution is 5.91. The third kappa shape index (κ3) is 4.26. The van der Waals surface area contributed by atoms with Crippen molar-refractivity contribution in [1.82, 2.24) is 9.78 Å². The summed E-state index contributed by atoms with van der Waals surface area (Å²) in [6.45, 7) is 3.00. The minimum absolute atomic E-state index is 0. The standard InChI is InChI=1S/C22H29N3O2.ClH/c1-2-27-22(26)20-14-24-25(21(20)16-9-10-16)19-8-4-7-18(12-19)17-6-3-5-15(11-17)13-23;/h4,7-8,12,14-17H,2-3,5-6,9-11,13,23H2,1H3;1H/t15-,17-;/m1./s1. The van der Waals surface area contributed by atoms with E-state index in [1.807, 2.05) is 11.6 Å². The Kier molecular flexibility index (Phi) is 6.78. The summed E-state index contributed by atoms with van der Waals surface area (Å²) < 4.78 is 7.19. The van der Waals surface area contributed by atoms with Crippen LogP contribution in [-0.2, 0) is 4.74 Å². The molecular formula is C22H30ClN3O2. The minimum atomic E-state index is -0.264. The van der Waals surface area contributed by atoms with Crippen molar-refractivity contribution in [3.05, 3.63) is 47.3 Å². The van der Waals surface area contributed by atoms with Crippen LogP contribution in [0.3, 0.4) is 0 Å². The molecule has 0 unspecified atom stereocenters. The monoisotopic (exact) mass is 403 g/mol. The Balaban J connectivity index is 0.00000225. The van der Waals surface area contributed by atoms with Crippen molar-refractivity contribution in [2.75, 3.05) is 13.2 Å². The first-order valence-corrected chi connectivity index (χ1v) is 10.3. The number of carbonyl (C=O) groups is 1. The first-order valence-electron chi connectivity index (χ1n) is 10.3. The van der Waals surface area contributed by atoms with E-state index in [4.69, 9.17) is 10.5 Å². The Bertz CT molecular complexity index is 816. The van der Waals surface area contributed by atoms with E-state index in [-0.39, 0.29) is 18.4 Å². The molecular weight excluding hydrogens is 374 g/mol. The Labute approximate surface area is 173 Å². The molecule has 5 nitrogen and oxygen atoms in total. The molecule has 1 aromatic heterocycles. The number of aromatic nitrogens is 2. The molecule has 6 heteroatoms. The van der Waals surface area contributed by atoms with E-state index in [9.17, 15) is 4.79 Å². The lowest BCUT2D eigenvalue weighted by Crippen LogP contribution is -2.21. The van der Waals surface area contributed by atoms with E-state index in [0.717, 1.165) is 30.8 Å². The van der Waals surface area contributed by atoms with Gasteiger partial charge in [0.05, 0.1) is 24.2 Å². The lowest BCUT2D eigenvalue weighted by molar-refractivity contribution is 0.0525. The van der Waals surface area contributed by atoms with Gasteiger partial charge in [-0.1, -0.05) is 18.6 Å². The molecule has 4 rings (SSSR count). The van der Waals surface area contributed by atoms with Crippen molar-refractivity contribution in [3.8, 4) is 5.69 Å². The average Bonchev–Trinajstić information content (AvgIpc) is 3.46. The molecule has 28 heavy (non-hydrogen) atoms. The van der Waals surface area contributed by atoms with Crippen molar-refractivity contribution in [3.63, 3.8) is 0 Å². The van der Waals surface area contributed by atoms with Crippen LogP contribution in [0.1, 0.15) is 78.9 Å². The van der Waals surface area contributed by atoms with Gasteiger partial charge < -0.3 is 10.5 Å². The van der Waals surface area contributed by atoms with Gasteiger partial charge in [-0.2, -0.15) is 5.10 Å². The molecule has 0 saturated heterocycles. The maximum absolute atomic E-state index is 12.3. The Morgan fingerprint density at radius 2 is 2.07 bits per heavy atom. The fourth-order valence-electron chi connectivity index (χ4n) is 4.40. The zero-order chi connectivity index (χ0) is 18.8. The topological polar surface area (TPSA) is 70.1 Å². The first kappa shape index (κ1) is 20.9. The fourth-order valence-corrected chi connectivity index (χ4v) is 4.40. The van der Waals surface area contributed by atoms with Gasteiger partial charge in [0, 0.05) is 5.92 Å². The summed E-state index contributed by atoms with van der Waals surface area (Å²) in [5.74, 6) is 1.35. The Morgan fingerprint density at radius 3 is 2.79 bits per heavy atom. The van der Waals surface area contributed by atoms with Crippen LogP contribution in [0.2, 0.25) is 0 Å². The highest BCUT2D eigenvalue weighted by atomic mass is 35.5. The van der Waals surface area contributed by atoms with E-state index in [1.165, 1.54) is 31.2 Å². The molecule has 0 radical (unpaired) electrons. The molecule has 0 bridgehead atoms. The summed E-state index contributed by atoms with van der Waals surface area (Å²) in [6, 6.07) is 8.66. The fraction of sp³-hybridized carbons (Fsp3) is 0.545. The summed E-state index contributed by atoms with van der Waals surface area (Å²) >= 11 is 0. The Hall–Kier alpha value is -1.85. The van der Waals surface area contributed by atoms with E-state index in [2.05, 4.69) is 29.4 Å². The maximum Gasteiger partial charge on any atom is 0.341 e. The molecule has 2 atom stereocenters. The Morgan fingerprint density at radius 1 is 1.25 bits per heavy atom. The van der Waals surface area contributed by atoms with Crippen LogP contribution in [0.25, 0.3) is 5.69 Å². The molecule has 1 heterocycles. The van der Waals surface area contributed by atoms with Crippen molar-refractivity contribution in [2.24, 2.45) is 11.7 Å². The molecule has 152 valence electrons. The van der Waals surface area contributed by atoms with Crippen LogP contribution < -0.4 is 5.73 Å². The van der Waals surface area contributed by atoms with Crippen LogP contribution in [0.4, 0.5) is 0 Å². The second-order valence-corrected chi connectivity index (χ2v) is 7.91. The maximum atomic E-state index is 12.3. The lowest BCUT2D eigenvalue weighted by atomic mass is 9.78. The number of hydrogen-bond donors (Lipinski definition) is 1. The number of carbonyl (C=O) groups excluding carboxylic acids is 1. The molecule has 2 aliphatic rings. The van der Waals surface area contributed by atoms with Gasteiger partial charge in [-0.3, -0.25) is 0 Å². The summed E-state index contributed by atoms with van der Waals surface area (Å²) in [5, 5.41) is 4.56. The number of esters is 1. The second kappa shape index (κ2) is 9.10. The molecule has 0 spiro atoms. The van der Waals surface area contributed by atoms with Gasteiger partial charge in [0.1, 0.15) is 5.56 Å². The quantitative estimate of drug-likeness (QED) is 0.716. The zero-order valence-electron chi connectivity index (χ0n) is 16.5. The second-order valence-electron chi connectivity index (χ2n) is 7.91. The smallest absolute Gasteiger partial charge is 0.341 e. The van der Waals surface area contributed by atoms with Gasteiger partial charge in [-0.25, -0.2) is 9.48 Å². The van der Waals surface area contributed by atoms with Crippen molar-refractivity contribution in [2.45, 2.75) is 57.3 Å². The molecule has 2 N–H and O–H groups in total. The van der Waals surface area contributed by atoms with Gasteiger partial charge >= 0.3 is 5.97 Å². The predicted molar refractivity (Wildman–Crippen MR) is 112 cm³/mol. The molecule has 2 saturated carbocycles. The number of ether oxygens (including phenoxy) is 1. The summed E-state index contributed by atoms with van der Waals surface area (Å²) in [5.41, 5.74) is 9.95. The van der Waals surface area contributed by atoms with E-state index < -0.39 is 0 Å². The number of nitrogens with two attached hydrogens (primary N) is 1. The first-order chi connectivity index (χ1) is 13.2. The predicted octanol–water partition coefficient (Wildman–Crippen LogP) is 4.58. The van der Waals surface area contributed by atoms with Crippen LogP contribution in [0, 0.1) is 5.92 Å². The summed E-state index contributed by atoms with van der Waals surface area (Å²) in [4.78, 5) is 12.3. The molecule has 2 aromatic rings. The van der Waals surface area contributed by atoms with Crippen LogP contribution in [-0.4, -0.2) is 28.9 Å². The van der Waals surface area contributed by atoms with E-state index in [1.54, 1.807) is 6.20 Å². The van der Waals surface area contributed by atoms with Crippen LogP contribution in [0.5, 0.6) is 0 Å². The van der Waals surface area contributed by atoms with Crippen molar-refractivity contribution >= 4 is 18.4 Å². The number of nitrogens with zero attached hydrogens (tertiary/aromatic N) is 2. The molecule has 0 aliphatic heterocycles. The van der Waals surface area contributed by atoms with E-state index in [0.29, 0.717) is 29.9 Å². The van der Waals surface area contributed by atoms with Gasteiger partial charge in [-0.05, 0) is 75.1 Å². The summed E-state index contributed by atoms with van der Waals surface area (Å²) in [7, 11) is 0. The molecule has 2 fully saturated rings. The highest BCUT2D eigenvalue weighted by Gasteiger charge is 2.33. The van der Waals surface area contributed by atoms with Gasteiger partial charge in [0.2, 0.25) is 0 Å². The number of hydrogen-bond acceptors (Lipinski definition) is 4. The van der Waals surface area contributed by atoms with Crippen LogP contribution >= 0.6 is 12.4 Å². The third-order valence-electron chi connectivity index (χ3n) is 5.97. The highest BCUT2D eigenvalue weighted by Crippen LogP contribution is 2.43. The lowest BCUT2D eigenvalue weighted by Gasteiger charge is -2.28. The minimum Gasteiger partial charge on any atom is -0.462 e. The molecule has 2 aliphatic carbocycles. The number of halogens is 1. The van der Waals surface area contributed by atoms with Gasteiger partial charge in [0.25, 0.3) is 0 Å². The third-order valence-corrected chi connectivity index (χ3v) is 5.97. The van der Waals surface area contributed by atoms with Gasteiger partial charge in [-0.15, -0.1) is 12.4 Å². The largest absolute Gasteiger partial charge is 0.462 e. The summed E-state index contributed by atoms with van der Waals surface area (Å²) in [6.07, 6.45) is 8.78. The van der Waals surface area contributed by atoms with Crippen molar-refractivity contribution < 1.29 is 9.53 Å². The molecule has 1 aromatic carbocycles. The number of benzene rings is 1. The van der Waals surface area contributed by atoms with Crippen molar-refractivity contribution in [1.29, 1.82) is 0 Å². The van der Waals surface area contributed by atoms with Gasteiger partial charge in [0.15, 0.2) is 0 Å². The van der Waals surface area contributed by atoms with Crippen LogP contribution in [0.15, 0.2) is 30.5 Å². The SMILES string of the molecule is CCOC(=O)c1cnn(-c2cccc([C@@H]3CCC[C@@H](CN)C3)c2)c1C1CC1.Cl. The average molecular weight is 404 g/mol. The molecule has 0 amide bonds. The van der Waals surface area contributed by atoms with E-state index >= 15 is 0 Å². The normalized spacial score (nSPS) is 21.8. The zero-order valence-corrected chi connectivity index (χ0v) is 17.3.